The van der Waals surface area contributed by atoms with Crippen molar-refractivity contribution < 1.29 is 8.42 Å². The Morgan fingerprint density at radius 3 is 2.19 bits per heavy atom. The Bertz CT molecular complexity index is 734. The molecule has 0 spiro atoms. The van der Waals surface area contributed by atoms with Crippen LogP contribution in [0.1, 0.15) is 18.1 Å². The quantitative estimate of drug-likeness (QED) is 0.883. The van der Waals surface area contributed by atoms with Crippen LogP contribution in [0, 0.1) is 13.8 Å². The minimum absolute atomic E-state index is 0.190. The summed E-state index contributed by atoms with van der Waals surface area (Å²) in [7, 11) is -3.68. The van der Waals surface area contributed by atoms with Crippen molar-refractivity contribution in [3.63, 3.8) is 0 Å². The van der Waals surface area contributed by atoms with Gasteiger partial charge < -0.3 is 5.73 Å². The van der Waals surface area contributed by atoms with Crippen LogP contribution >= 0.6 is 0 Å². The summed E-state index contributed by atoms with van der Waals surface area (Å²) in [4.78, 5) is 0.190. The number of nitrogens with two attached hydrogens (primary N) is 1. The van der Waals surface area contributed by atoms with E-state index in [1.807, 2.05) is 38.1 Å². The number of aryl methyl sites for hydroxylation is 2. The number of rotatable bonds is 4. The topological polar surface area (TPSA) is 63.4 Å². The van der Waals surface area contributed by atoms with Gasteiger partial charge in [0.1, 0.15) is 4.90 Å². The first-order chi connectivity index (χ1) is 9.89. The lowest BCUT2D eigenvalue weighted by atomic mass is 10.2. The lowest BCUT2D eigenvalue weighted by molar-refractivity contribution is 0.591. The Labute approximate surface area is 126 Å². The Morgan fingerprint density at radius 2 is 1.62 bits per heavy atom. The van der Waals surface area contributed by atoms with E-state index in [-0.39, 0.29) is 10.6 Å². The van der Waals surface area contributed by atoms with Gasteiger partial charge in [0, 0.05) is 6.54 Å². The molecule has 0 aliphatic carbocycles. The Morgan fingerprint density at radius 1 is 1.00 bits per heavy atom. The average molecular weight is 304 g/mol. The molecule has 0 saturated carbocycles. The van der Waals surface area contributed by atoms with E-state index in [0.29, 0.717) is 17.8 Å². The Balaban J connectivity index is 2.64. The van der Waals surface area contributed by atoms with Gasteiger partial charge in [0.15, 0.2) is 0 Å². The zero-order chi connectivity index (χ0) is 15.6. The number of nitrogen functional groups attached to an aromatic ring is 1. The molecule has 0 fully saturated rings. The van der Waals surface area contributed by atoms with Crippen molar-refractivity contribution in [1.82, 2.24) is 0 Å². The van der Waals surface area contributed by atoms with Crippen LogP contribution in [0.2, 0.25) is 0 Å². The summed E-state index contributed by atoms with van der Waals surface area (Å²) in [5.74, 6) is 0. The van der Waals surface area contributed by atoms with Gasteiger partial charge in [-0.1, -0.05) is 30.3 Å². The fourth-order valence-electron chi connectivity index (χ4n) is 2.45. The smallest absolute Gasteiger partial charge is 0.266 e. The second kappa shape index (κ2) is 5.77. The second-order valence-corrected chi connectivity index (χ2v) is 6.75. The third-order valence-electron chi connectivity index (χ3n) is 3.46. The molecule has 0 bridgehead atoms. The van der Waals surface area contributed by atoms with Gasteiger partial charge in [-0.15, -0.1) is 0 Å². The highest BCUT2D eigenvalue weighted by Crippen LogP contribution is 2.30. The third kappa shape index (κ3) is 2.74. The molecule has 2 N–H and O–H groups in total. The first-order valence-corrected chi connectivity index (χ1v) is 8.27. The normalized spacial score (nSPS) is 11.4. The number of nitrogens with zero attached hydrogens (tertiary/aromatic N) is 1. The highest BCUT2D eigenvalue weighted by atomic mass is 32.2. The minimum Gasteiger partial charge on any atom is -0.398 e. The average Bonchev–Trinajstić information content (AvgIpc) is 2.41. The summed E-state index contributed by atoms with van der Waals surface area (Å²) in [6.45, 7) is 5.82. The molecule has 5 heteroatoms. The summed E-state index contributed by atoms with van der Waals surface area (Å²) >= 11 is 0. The molecule has 2 rings (SSSR count). The highest BCUT2D eigenvalue weighted by Gasteiger charge is 2.28. The summed E-state index contributed by atoms with van der Waals surface area (Å²) in [5.41, 5.74) is 8.44. The minimum atomic E-state index is -3.68. The molecule has 0 heterocycles. The van der Waals surface area contributed by atoms with Crippen molar-refractivity contribution in [3.8, 4) is 0 Å². The number of benzene rings is 2. The van der Waals surface area contributed by atoms with E-state index in [1.54, 1.807) is 25.1 Å². The van der Waals surface area contributed by atoms with Gasteiger partial charge in [-0.3, -0.25) is 4.31 Å². The van der Waals surface area contributed by atoms with E-state index >= 15 is 0 Å². The molecule has 112 valence electrons. The van der Waals surface area contributed by atoms with Gasteiger partial charge in [-0.2, -0.15) is 0 Å². The summed E-state index contributed by atoms with van der Waals surface area (Å²) < 4.78 is 27.4. The Kier molecular flexibility index (Phi) is 4.23. The molecule has 2 aromatic rings. The first-order valence-electron chi connectivity index (χ1n) is 6.83. The number of hydrogen-bond acceptors (Lipinski definition) is 3. The molecule has 2 aromatic carbocycles. The van der Waals surface area contributed by atoms with E-state index in [1.165, 1.54) is 4.31 Å². The SMILES string of the molecule is CCN(c1ccccc1C)S(=O)(=O)c1c(C)cccc1N. The molecule has 0 amide bonds. The van der Waals surface area contributed by atoms with Crippen molar-refractivity contribution in [3.05, 3.63) is 53.6 Å². The maximum atomic E-state index is 13.0. The van der Waals surface area contributed by atoms with Crippen molar-refractivity contribution in [2.45, 2.75) is 25.7 Å². The van der Waals surface area contributed by atoms with Crippen LogP contribution in [0.15, 0.2) is 47.4 Å². The standard InChI is InChI=1S/C16H20N2O2S/c1-4-18(15-11-6-5-8-12(15)2)21(19,20)16-13(3)9-7-10-14(16)17/h5-11H,4,17H2,1-3H3. The maximum Gasteiger partial charge on any atom is 0.266 e. The summed E-state index contributed by atoms with van der Waals surface area (Å²) in [5, 5.41) is 0. The van der Waals surface area contributed by atoms with Crippen LogP contribution < -0.4 is 10.0 Å². The predicted octanol–water partition coefficient (Wildman–Crippen LogP) is 3.10. The lowest BCUT2D eigenvalue weighted by Gasteiger charge is -2.26. The van der Waals surface area contributed by atoms with Crippen LogP contribution in [-0.4, -0.2) is 15.0 Å². The van der Waals surface area contributed by atoms with E-state index in [0.717, 1.165) is 5.56 Å². The van der Waals surface area contributed by atoms with Crippen molar-refractivity contribution >= 4 is 21.4 Å². The monoisotopic (exact) mass is 304 g/mol. The van der Waals surface area contributed by atoms with Crippen LogP contribution in [-0.2, 0) is 10.0 Å². The first kappa shape index (κ1) is 15.4. The summed E-state index contributed by atoms with van der Waals surface area (Å²) in [6, 6.07) is 12.6. The molecule has 0 unspecified atom stereocenters. The highest BCUT2D eigenvalue weighted by molar-refractivity contribution is 7.93. The predicted molar refractivity (Wildman–Crippen MR) is 87.0 cm³/mol. The van der Waals surface area contributed by atoms with Crippen LogP contribution in [0.4, 0.5) is 11.4 Å². The third-order valence-corrected chi connectivity index (χ3v) is 5.57. The second-order valence-electron chi connectivity index (χ2n) is 4.95. The van der Waals surface area contributed by atoms with Crippen molar-refractivity contribution in [2.75, 3.05) is 16.6 Å². The van der Waals surface area contributed by atoms with Crippen molar-refractivity contribution in [1.29, 1.82) is 0 Å². The van der Waals surface area contributed by atoms with E-state index in [9.17, 15) is 8.42 Å². The van der Waals surface area contributed by atoms with Crippen LogP contribution in [0.5, 0.6) is 0 Å². The number of sulfonamides is 1. The number of para-hydroxylation sites is 1. The van der Waals surface area contributed by atoms with Gasteiger partial charge in [0.25, 0.3) is 10.0 Å². The maximum absolute atomic E-state index is 13.0. The van der Waals surface area contributed by atoms with Gasteiger partial charge in [0.05, 0.1) is 11.4 Å². The Hall–Kier alpha value is -2.01. The van der Waals surface area contributed by atoms with Crippen LogP contribution in [0.25, 0.3) is 0 Å². The summed E-state index contributed by atoms with van der Waals surface area (Å²) in [6.07, 6.45) is 0. The molecule has 0 atom stereocenters. The van der Waals surface area contributed by atoms with Gasteiger partial charge in [-0.05, 0) is 44.0 Å². The molecule has 0 saturated heterocycles. The van der Waals surface area contributed by atoms with E-state index in [4.69, 9.17) is 5.73 Å². The van der Waals surface area contributed by atoms with Gasteiger partial charge in [-0.25, -0.2) is 8.42 Å². The molecule has 0 aliphatic rings. The molecular weight excluding hydrogens is 284 g/mol. The molecule has 0 aromatic heterocycles. The molecular formula is C16H20N2O2S. The van der Waals surface area contributed by atoms with E-state index < -0.39 is 10.0 Å². The molecule has 21 heavy (non-hydrogen) atoms. The number of hydrogen-bond donors (Lipinski definition) is 1. The largest absolute Gasteiger partial charge is 0.398 e. The van der Waals surface area contributed by atoms with Gasteiger partial charge >= 0.3 is 0 Å². The zero-order valence-corrected chi connectivity index (χ0v) is 13.3. The fourth-order valence-corrected chi connectivity index (χ4v) is 4.32. The molecule has 4 nitrogen and oxygen atoms in total. The molecule has 0 aliphatic heterocycles. The zero-order valence-electron chi connectivity index (χ0n) is 12.5. The fraction of sp³-hybridized carbons (Fsp3) is 0.250. The molecule has 0 radical (unpaired) electrons. The lowest BCUT2D eigenvalue weighted by Crippen LogP contribution is -2.32. The van der Waals surface area contributed by atoms with Gasteiger partial charge in [0.2, 0.25) is 0 Å². The van der Waals surface area contributed by atoms with Crippen LogP contribution in [0.3, 0.4) is 0 Å². The number of anilines is 2. The van der Waals surface area contributed by atoms with E-state index in [2.05, 4.69) is 0 Å². The van der Waals surface area contributed by atoms with Crippen molar-refractivity contribution in [2.24, 2.45) is 0 Å².